The molecule has 0 radical (unpaired) electrons. The highest BCUT2D eigenvalue weighted by Crippen LogP contribution is 2.50. The lowest BCUT2D eigenvalue weighted by Crippen LogP contribution is -2.36. The lowest BCUT2D eigenvalue weighted by molar-refractivity contribution is -0.125. The molecule has 0 aromatic heterocycles. The van der Waals surface area contributed by atoms with E-state index in [9.17, 15) is 9.18 Å². The van der Waals surface area contributed by atoms with E-state index in [1.807, 2.05) is 6.92 Å². The second-order valence-electron chi connectivity index (χ2n) is 5.15. The van der Waals surface area contributed by atoms with Crippen molar-refractivity contribution in [2.75, 3.05) is 14.1 Å². The van der Waals surface area contributed by atoms with Gasteiger partial charge in [-0.05, 0) is 31.6 Å². The first-order chi connectivity index (χ1) is 6.81. The summed E-state index contributed by atoms with van der Waals surface area (Å²) in [5.74, 6) is 0.431. The molecule has 0 spiro atoms. The Morgan fingerprint density at radius 2 is 2.20 bits per heavy atom. The molecule has 0 saturated heterocycles. The van der Waals surface area contributed by atoms with Crippen molar-refractivity contribution < 1.29 is 9.18 Å². The Morgan fingerprint density at radius 1 is 1.67 bits per heavy atom. The summed E-state index contributed by atoms with van der Waals surface area (Å²) in [7, 11) is 3.56. The second-order valence-corrected chi connectivity index (χ2v) is 5.15. The molecule has 3 unspecified atom stereocenters. The fourth-order valence-corrected chi connectivity index (χ4v) is 1.93. The molecule has 1 N–H and O–H groups in total. The van der Waals surface area contributed by atoms with E-state index in [1.165, 1.54) is 0 Å². The van der Waals surface area contributed by atoms with Crippen molar-refractivity contribution >= 4 is 5.91 Å². The minimum Gasteiger partial charge on any atom is -0.289 e. The molecule has 3 nitrogen and oxygen atoms in total. The third kappa shape index (κ3) is 4.16. The maximum Gasteiger partial charge on any atom is 0.234 e. The molecule has 1 rings (SSSR count). The number of nitrogens with one attached hydrogen (secondary N) is 1. The second kappa shape index (κ2) is 4.47. The summed E-state index contributed by atoms with van der Waals surface area (Å²) in [5, 5.41) is 1.63. The third-order valence-corrected chi connectivity index (χ3v) is 2.91. The quantitative estimate of drug-likeness (QED) is 0.710. The molecule has 15 heavy (non-hydrogen) atoms. The Morgan fingerprint density at radius 3 is 2.60 bits per heavy atom. The minimum atomic E-state index is -0.966. The van der Waals surface area contributed by atoms with E-state index < -0.39 is 5.67 Å². The van der Waals surface area contributed by atoms with Crippen LogP contribution in [0.25, 0.3) is 0 Å². The average Bonchev–Trinajstić information content (AvgIpc) is 2.54. The monoisotopic (exact) mass is 216 g/mol. The largest absolute Gasteiger partial charge is 0.289 e. The van der Waals surface area contributed by atoms with Crippen LogP contribution in [0.1, 0.15) is 33.1 Å². The molecular weight excluding hydrogens is 195 g/mol. The predicted octanol–water partition coefficient (Wildman–Crippen LogP) is 1.74. The van der Waals surface area contributed by atoms with E-state index in [0.717, 1.165) is 6.42 Å². The van der Waals surface area contributed by atoms with Gasteiger partial charge in [0.15, 0.2) is 0 Å². The number of halogens is 1. The Hall–Kier alpha value is -0.640. The van der Waals surface area contributed by atoms with E-state index in [0.29, 0.717) is 12.8 Å². The predicted molar refractivity (Wildman–Crippen MR) is 57.8 cm³/mol. The van der Waals surface area contributed by atoms with Gasteiger partial charge in [0.05, 0.1) is 0 Å². The molecule has 1 amide bonds. The summed E-state index contributed by atoms with van der Waals surface area (Å²) in [4.78, 5) is 11.4. The summed E-state index contributed by atoms with van der Waals surface area (Å²) in [6.45, 7) is 3.65. The number of hydrogen-bond donors (Lipinski definition) is 1. The first kappa shape index (κ1) is 12.4. The zero-order valence-corrected chi connectivity index (χ0v) is 10.0. The van der Waals surface area contributed by atoms with Crippen LogP contribution in [0.15, 0.2) is 0 Å². The van der Waals surface area contributed by atoms with Gasteiger partial charge in [-0.1, -0.05) is 6.92 Å². The van der Waals surface area contributed by atoms with Gasteiger partial charge in [0, 0.05) is 20.5 Å². The molecule has 1 aliphatic rings. The van der Waals surface area contributed by atoms with Crippen LogP contribution in [0.2, 0.25) is 0 Å². The van der Waals surface area contributed by atoms with Gasteiger partial charge in [0.2, 0.25) is 5.91 Å². The van der Waals surface area contributed by atoms with Crippen LogP contribution >= 0.6 is 0 Å². The van der Waals surface area contributed by atoms with Gasteiger partial charge >= 0.3 is 0 Å². The Kier molecular flexibility index (Phi) is 3.71. The molecule has 0 bridgehead atoms. The smallest absolute Gasteiger partial charge is 0.234 e. The normalized spacial score (nSPS) is 31.5. The number of carbonyl (C=O) groups is 1. The van der Waals surface area contributed by atoms with Crippen molar-refractivity contribution in [2.45, 2.75) is 38.8 Å². The zero-order valence-electron chi connectivity index (χ0n) is 10.0. The van der Waals surface area contributed by atoms with E-state index in [2.05, 4.69) is 5.43 Å². The number of nitrogens with zero attached hydrogens (tertiary/aromatic N) is 1. The van der Waals surface area contributed by atoms with Gasteiger partial charge in [-0.2, -0.15) is 0 Å². The molecular formula is C11H21FN2O. The van der Waals surface area contributed by atoms with Gasteiger partial charge in [-0.25, -0.2) is 9.40 Å². The molecule has 3 atom stereocenters. The van der Waals surface area contributed by atoms with Crippen LogP contribution < -0.4 is 5.43 Å². The summed E-state index contributed by atoms with van der Waals surface area (Å²) in [6.07, 6.45) is 1.95. The van der Waals surface area contributed by atoms with E-state index >= 15 is 0 Å². The lowest BCUT2D eigenvalue weighted by Gasteiger charge is -2.15. The highest BCUT2D eigenvalue weighted by Gasteiger charge is 2.50. The van der Waals surface area contributed by atoms with E-state index in [1.54, 1.807) is 26.0 Å². The first-order valence-electron chi connectivity index (χ1n) is 5.47. The standard InChI is InChI=1S/C11H21FN2O/c1-8(5-9-7-11(9,2)12)6-10(15)13-14(3)4/h8-9H,5-7H2,1-4H3,(H,13,15). The molecule has 88 valence electrons. The Labute approximate surface area is 91.0 Å². The van der Waals surface area contributed by atoms with Crippen molar-refractivity contribution in [1.82, 2.24) is 10.4 Å². The average molecular weight is 216 g/mol. The molecule has 0 aliphatic heterocycles. The molecule has 0 aromatic carbocycles. The molecule has 0 aromatic rings. The van der Waals surface area contributed by atoms with Crippen LogP contribution in [0, 0.1) is 11.8 Å². The van der Waals surface area contributed by atoms with Crippen molar-refractivity contribution in [3.05, 3.63) is 0 Å². The summed E-state index contributed by atoms with van der Waals surface area (Å²) in [5.41, 5.74) is 1.72. The maximum absolute atomic E-state index is 13.3. The van der Waals surface area contributed by atoms with E-state index in [-0.39, 0.29) is 17.7 Å². The van der Waals surface area contributed by atoms with Crippen molar-refractivity contribution in [1.29, 1.82) is 0 Å². The van der Waals surface area contributed by atoms with E-state index in [4.69, 9.17) is 0 Å². The first-order valence-corrected chi connectivity index (χ1v) is 5.47. The van der Waals surface area contributed by atoms with Gasteiger partial charge in [-0.15, -0.1) is 0 Å². The molecule has 0 heterocycles. The van der Waals surface area contributed by atoms with Crippen LogP contribution in [0.5, 0.6) is 0 Å². The molecule has 4 heteroatoms. The summed E-state index contributed by atoms with van der Waals surface area (Å²) >= 11 is 0. The van der Waals surface area contributed by atoms with Gasteiger partial charge in [0.25, 0.3) is 0 Å². The molecule has 1 aliphatic carbocycles. The topological polar surface area (TPSA) is 32.3 Å². The number of hydrogen-bond acceptors (Lipinski definition) is 2. The van der Waals surface area contributed by atoms with Crippen LogP contribution in [-0.4, -0.2) is 30.7 Å². The molecule has 1 fully saturated rings. The zero-order chi connectivity index (χ0) is 11.6. The minimum absolute atomic E-state index is 0.00807. The number of rotatable bonds is 5. The number of amides is 1. The van der Waals surface area contributed by atoms with Crippen molar-refractivity contribution in [3.63, 3.8) is 0 Å². The fourth-order valence-electron chi connectivity index (χ4n) is 1.93. The number of hydrazine groups is 1. The lowest BCUT2D eigenvalue weighted by atomic mass is 9.99. The van der Waals surface area contributed by atoms with Gasteiger partial charge in [0.1, 0.15) is 5.67 Å². The fraction of sp³-hybridized carbons (Fsp3) is 0.909. The third-order valence-electron chi connectivity index (χ3n) is 2.91. The number of carbonyl (C=O) groups excluding carboxylic acids is 1. The summed E-state index contributed by atoms with van der Waals surface area (Å²) in [6, 6.07) is 0. The highest BCUT2D eigenvalue weighted by molar-refractivity contribution is 5.75. The van der Waals surface area contributed by atoms with Crippen molar-refractivity contribution in [2.24, 2.45) is 11.8 Å². The SMILES string of the molecule is CC(CC(=O)NN(C)C)CC1CC1(C)F. The van der Waals surface area contributed by atoms with Gasteiger partial charge in [-0.3, -0.25) is 10.2 Å². The maximum atomic E-state index is 13.3. The van der Waals surface area contributed by atoms with Crippen molar-refractivity contribution in [3.8, 4) is 0 Å². The number of alkyl halides is 1. The highest BCUT2D eigenvalue weighted by atomic mass is 19.1. The van der Waals surface area contributed by atoms with Crippen LogP contribution in [0.3, 0.4) is 0 Å². The summed E-state index contributed by atoms with van der Waals surface area (Å²) < 4.78 is 13.3. The van der Waals surface area contributed by atoms with Crippen LogP contribution in [0.4, 0.5) is 4.39 Å². The Balaban J connectivity index is 2.19. The van der Waals surface area contributed by atoms with Gasteiger partial charge < -0.3 is 0 Å². The van der Waals surface area contributed by atoms with Crippen LogP contribution in [-0.2, 0) is 4.79 Å². The molecule has 1 saturated carbocycles. The Bertz CT molecular complexity index is 241.